The van der Waals surface area contributed by atoms with Gasteiger partial charge in [-0.3, -0.25) is 4.79 Å². The van der Waals surface area contributed by atoms with Crippen LogP contribution >= 0.6 is 0 Å². The monoisotopic (exact) mass is 470 g/mol. The van der Waals surface area contributed by atoms with Crippen LogP contribution in [0.2, 0.25) is 0 Å². The van der Waals surface area contributed by atoms with Gasteiger partial charge in [-0.1, -0.05) is 36.4 Å². The molecule has 0 spiro atoms. The largest absolute Gasteiger partial charge is 0.321 e. The van der Waals surface area contributed by atoms with Crippen LogP contribution in [0, 0.1) is 25.2 Å². The number of sulfonamides is 1. The summed E-state index contributed by atoms with van der Waals surface area (Å²) >= 11 is 0. The van der Waals surface area contributed by atoms with Gasteiger partial charge in [0.15, 0.2) is 0 Å². The molecular formula is C26H22N4O3S. The van der Waals surface area contributed by atoms with Crippen LogP contribution in [0.3, 0.4) is 0 Å². The van der Waals surface area contributed by atoms with E-state index in [-0.39, 0.29) is 10.5 Å². The Morgan fingerprint density at radius 1 is 1.03 bits per heavy atom. The lowest BCUT2D eigenvalue weighted by molar-refractivity contribution is -0.112. The van der Waals surface area contributed by atoms with E-state index in [1.807, 2.05) is 50.2 Å². The molecule has 0 radical (unpaired) electrons. The highest BCUT2D eigenvalue weighted by Crippen LogP contribution is 2.28. The minimum Gasteiger partial charge on any atom is -0.321 e. The summed E-state index contributed by atoms with van der Waals surface area (Å²) < 4.78 is 24.9. The van der Waals surface area contributed by atoms with Gasteiger partial charge < -0.3 is 9.88 Å². The Labute approximate surface area is 197 Å². The van der Waals surface area contributed by atoms with Crippen LogP contribution in [0.1, 0.15) is 17.0 Å². The van der Waals surface area contributed by atoms with E-state index in [0.717, 1.165) is 33.4 Å². The average molecular weight is 471 g/mol. The third kappa shape index (κ3) is 4.48. The van der Waals surface area contributed by atoms with Crippen molar-refractivity contribution >= 4 is 38.5 Å². The summed E-state index contributed by atoms with van der Waals surface area (Å²) in [7, 11) is -3.83. The van der Waals surface area contributed by atoms with E-state index in [1.165, 1.54) is 24.3 Å². The van der Waals surface area contributed by atoms with Crippen molar-refractivity contribution in [2.75, 3.05) is 5.32 Å². The lowest BCUT2D eigenvalue weighted by atomic mass is 10.1. The van der Waals surface area contributed by atoms with Gasteiger partial charge in [0.05, 0.1) is 10.6 Å². The number of hydrogen-bond donors (Lipinski definition) is 2. The first kappa shape index (κ1) is 23.0. The number of rotatable bonds is 5. The molecule has 0 aliphatic heterocycles. The van der Waals surface area contributed by atoms with Crippen molar-refractivity contribution < 1.29 is 13.2 Å². The number of amides is 1. The maximum Gasteiger partial charge on any atom is 0.266 e. The van der Waals surface area contributed by atoms with Crippen molar-refractivity contribution in [1.82, 2.24) is 4.57 Å². The Morgan fingerprint density at radius 2 is 1.71 bits per heavy atom. The molecule has 1 amide bonds. The Balaban J connectivity index is 1.67. The smallest absolute Gasteiger partial charge is 0.266 e. The number of aromatic nitrogens is 1. The van der Waals surface area contributed by atoms with Gasteiger partial charge in [-0.15, -0.1) is 0 Å². The maximum absolute atomic E-state index is 12.7. The third-order valence-corrected chi connectivity index (χ3v) is 6.51. The van der Waals surface area contributed by atoms with E-state index in [2.05, 4.69) is 28.1 Å². The highest BCUT2D eigenvalue weighted by Gasteiger charge is 2.16. The molecule has 170 valence electrons. The van der Waals surface area contributed by atoms with Crippen molar-refractivity contribution in [3.63, 3.8) is 0 Å². The molecule has 0 saturated carbocycles. The fourth-order valence-corrected chi connectivity index (χ4v) is 4.45. The van der Waals surface area contributed by atoms with Gasteiger partial charge in [-0.05, 0) is 67.3 Å². The highest BCUT2D eigenvalue weighted by molar-refractivity contribution is 7.89. The van der Waals surface area contributed by atoms with Crippen LogP contribution in [-0.2, 0) is 14.8 Å². The number of primary sulfonamides is 1. The molecule has 34 heavy (non-hydrogen) atoms. The number of aryl methyl sites for hydroxylation is 1. The Hall–Kier alpha value is -4.19. The molecule has 0 saturated heterocycles. The predicted octanol–water partition coefficient (Wildman–Crippen LogP) is 4.44. The van der Waals surface area contributed by atoms with E-state index in [0.29, 0.717) is 5.69 Å². The van der Waals surface area contributed by atoms with Crippen LogP contribution in [0.15, 0.2) is 83.3 Å². The summed E-state index contributed by atoms with van der Waals surface area (Å²) in [4.78, 5) is 12.7. The number of fused-ring (bicyclic) bond motifs is 1. The van der Waals surface area contributed by atoms with E-state index in [9.17, 15) is 18.5 Å². The summed E-state index contributed by atoms with van der Waals surface area (Å²) in [5.41, 5.74) is 3.91. The second kappa shape index (κ2) is 8.98. The van der Waals surface area contributed by atoms with Gasteiger partial charge in [-0.2, -0.15) is 5.26 Å². The molecule has 0 aliphatic rings. The average Bonchev–Trinajstić information content (AvgIpc) is 3.09. The first-order valence-corrected chi connectivity index (χ1v) is 12.0. The number of nitrogens with two attached hydrogens (primary N) is 1. The second-order valence-electron chi connectivity index (χ2n) is 7.85. The van der Waals surface area contributed by atoms with Gasteiger partial charge in [0.2, 0.25) is 10.0 Å². The van der Waals surface area contributed by atoms with Crippen molar-refractivity contribution in [3.05, 3.63) is 95.3 Å². The zero-order valence-corrected chi connectivity index (χ0v) is 19.4. The number of nitrogens with zero attached hydrogens (tertiary/aromatic N) is 2. The van der Waals surface area contributed by atoms with Crippen molar-refractivity contribution in [2.24, 2.45) is 5.14 Å². The van der Waals surface area contributed by atoms with Crippen LogP contribution in [0.4, 0.5) is 5.69 Å². The molecule has 0 unspecified atom stereocenters. The van der Waals surface area contributed by atoms with Crippen LogP contribution in [-0.4, -0.2) is 18.9 Å². The molecule has 3 aromatic carbocycles. The normalized spacial score (nSPS) is 11.9. The minimum absolute atomic E-state index is 0.0672. The fraction of sp³-hybridized carbons (Fsp3) is 0.0769. The number of benzene rings is 3. The highest BCUT2D eigenvalue weighted by atomic mass is 32.2. The van der Waals surface area contributed by atoms with Crippen molar-refractivity contribution in [2.45, 2.75) is 18.7 Å². The molecule has 4 aromatic rings. The van der Waals surface area contributed by atoms with Crippen molar-refractivity contribution in [3.8, 4) is 11.8 Å². The van der Waals surface area contributed by atoms with Gasteiger partial charge >= 0.3 is 0 Å². The Morgan fingerprint density at radius 3 is 2.38 bits per heavy atom. The summed E-state index contributed by atoms with van der Waals surface area (Å²) in [6.07, 6.45) is 1.55. The van der Waals surface area contributed by atoms with Crippen molar-refractivity contribution in [1.29, 1.82) is 5.26 Å². The first-order valence-electron chi connectivity index (χ1n) is 10.4. The fourth-order valence-electron chi connectivity index (χ4n) is 3.94. The summed E-state index contributed by atoms with van der Waals surface area (Å²) in [5.74, 6) is -0.596. The predicted molar refractivity (Wildman–Crippen MR) is 133 cm³/mol. The molecule has 0 bridgehead atoms. The minimum atomic E-state index is -3.83. The molecule has 0 aliphatic carbocycles. The Bertz CT molecular complexity index is 1590. The standard InChI is InChI=1S/C26H22N4O3S/c1-17-14-20(18(2)30(17)25-9-5-7-19-6-3-4-8-24(19)25)15-21(16-27)26(31)29-22-10-12-23(13-11-22)34(28,32)33/h3-15H,1-2H3,(H,29,31)(H2,28,32,33)/b21-15+. The number of carbonyl (C=O) groups is 1. The number of hydrogen-bond acceptors (Lipinski definition) is 4. The molecule has 1 aromatic heterocycles. The van der Waals surface area contributed by atoms with Gasteiger partial charge in [0.1, 0.15) is 11.6 Å². The SMILES string of the molecule is Cc1cc(/C=C(\C#N)C(=O)Nc2ccc(S(N)(=O)=O)cc2)c(C)n1-c1cccc2ccccc12. The molecule has 0 fully saturated rings. The summed E-state index contributed by atoms with van der Waals surface area (Å²) in [6.45, 7) is 3.92. The number of nitrogens with one attached hydrogen (secondary N) is 1. The van der Waals surface area contributed by atoms with Gasteiger partial charge in [0, 0.05) is 22.5 Å². The number of carbonyl (C=O) groups excluding carboxylic acids is 1. The van der Waals surface area contributed by atoms with E-state index in [1.54, 1.807) is 6.08 Å². The summed E-state index contributed by atoms with van der Waals surface area (Å²) in [5, 5.41) is 19.6. The molecule has 0 atom stereocenters. The Kier molecular flexibility index (Phi) is 6.07. The first-order chi connectivity index (χ1) is 16.2. The molecule has 7 nitrogen and oxygen atoms in total. The van der Waals surface area contributed by atoms with Crippen LogP contribution < -0.4 is 10.5 Å². The maximum atomic E-state index is 12.7. The molecular weight excluding hydrogens is 448 g/mol. The molecule has 4 rings (SSSR count). The molecule has 1 heterocycles. The third-order valence-electron chi connectivity index (χ3n) is 5.58. The van der Waals surface area contributed by atoms with Gasteiger partial charge in [-0.25, -0.2) is 13.6 Å². The summed E-state index contributed by atoms with van der Waals surface area (Å²) in [6, 6.07) is 23.5. The number of nitriles is 1. The molecule has 8 heteroatoms. The lowest BCUT2D eigenvalue weighted by Gasteiger charge is -2.13. The second-order valence-corrected chi connectivity index (χ2v) is 9.41. The van der Waals surface area contributed by atoms with Crippen LogP contribution in [0.5, 0.6) is 0 Å². The topological polar surface area (TPSA) is 118 Å². The lowest BCUT2D eigenvalue weighted by Crippen LogP contribution is -2.14. The number of anilines is 1. The van der Waals surface area contributed by atoms with Gasteiger partial charge in [0.25, 0.3) is 5.91 Å². The van der Waals surface area contributed by atoms with Crippen LogP contribution in [0.25, 0.3) is 22.5 Å². The van der Waals surface area contributed by atoms with E-state index >= 15 is 0 Å². The zero-order chi connectivity index (χ0) is 24.5. The zero-order valence-electron chi connectivity index (χ0n) is 18.6. The molecule has 3 N–H and O–H groups in total. The van der Waals surface area contributed by atoms with E-state index < -0.39 is 15.9 Å². The van der Waals surface area contributed by atoms with E-state index in [4.69, 9.17) is 5.14 Å². The quantitative estimate of drug-likeness (QED) is 0.331.